The fraction of sp³-hybridized carbons (Fsp3) is 0.385. The zero-order chi connectivity index (χ0) is 10.8. The average Bonchev–Trinajstić information content (AvgIpc) is 2.15. The molecule has 0 aliphatic rings. The van der Waals surface area contributed by atoms with Gasteiger partial charge in [0.25, 0.3) is 0 Å². The Bertz CT molecular complexity index is 320. The Hall–Kier alpha value is -1.08. The minimum Gasteiger partial charge on any atom is -0.323 e. The standard InChI is InChI=1S/C13H19N/c1-5-10-8-6-7-9-11(10)12(14)13(2,3)4/h5-9,12H,1,14H2,2-4H3/t12-/m0/s1. The maximum atomic E-state index is 6.20. The van der Waals surface area contributed by atoms with Crippen LogP contribution >= 0.6 is 0 Å². The molecule has 2 N–H and O–H groups in total. The highest BCUT2D eigenvalue weighted by Crippen LogP contribution is 2.32. The maximum Gasteiger partial charge on any atom is 0.0350 e. The Morgan fingerprint density at radius 1 is 1.29 bits per heavy atom. The van der Waals surface area contributed by atoms with Crippen LogP contribution in [0.2, 0.25) is 0 Å². The van der Waals surface area contributed by atoms with Crippen molar-refractivity contribution in [1.29, 1.82) is 0 Å². The van der Waals surface area contributed by atoms with Crippen molar-refractivity contribution in [1.82, 2.24) is 0 Å². The van der Waals surface area contributed by atoms with E-state index in [2.05, 4.69) is 33.4 Å². The van der Waals surface area contributed by atoms with E-state index in [4.69, 9.17) is 5.73 Å². The summed E-state index contributed by atoms with van der Waals surface area (Å²) in [5.41, 5.74) is 8.59. The first-order chi connectivity index (χ1) is 6.46. The molecule has 1 aromatic rings. The van der Waals surface area contributed by atoms with Crippen molar-refractivity contribution in [2.45, 2.75) is 26.8 Å². The van der Waals surface area contributed by atoms with Crippen LogP contribution in [0.5, 0.6) is 0 Å². The molecule has 76 valence electrons. The molecule has 0 unspecified atom stereocenters. The van der Waals surface area contributed by atoms with E-state index in [0.717, 1.165) is 5.56 Å². The van der Waals surface area contributed by atoms with Gasteiger partial charge in [-0.25, -0.2) is 0 Å². The van der Waals surface area contributed by atoms with Crippen molar-refractivity contribution in [2.24, 2.45) is 11.1 Å². The topological polar surface area (TPSA) is 26.0 Å². The normalized spacial score (nSPS) is 13.7. The molecule has 1 atom stereocenters. The van der Waals surface area contributed by atoms with Gasteiger partial charge in [0.15, 0.2) is 0 Å². The molecule has 0 aliphatic carbocycles. The van der Waals surface area contributed by atoms with Crippen LogP contribution in [0.4, 0.5) is 0 Å². The van der Waals surface area contributed by atoms with Crippen LogP contribution in [0, 0.1) is 5.41 Å². The van der Waals surface area contributed by atoms with Gasteiger partial charge in [-0.1, -0.05) is 57.7 Å². The maximum absolute atomic E-state index is 6.20. The van der Waals surface area contributed by atoms with E-state index in [1.807, 2.05) is 24.3 Å². The summed E-state index contributed by atoms with van der Waals surface area (Å²) in [5.74, 6) is 0. The lowest BCUT2D eigenvalue weighted by Crippen LogP contribution is -2.26. The molecule has 1 heteroatoms. The first-order valence-corrected chi connectivity index (χ1v) is 4.93. The number of hydrogen-bond donors (Lipinski definition) is 1. The average molecular weight is 189 g/mol. The third kappa shape index (κ3) is 2.24. The number of hydrogen-bond acceptors (Lipinski definition) is 1. The smallest absolute Gasteiger partial charge is 0.0350 e. The molecule has 0 radical (unpaired) electrons. The fourth-order valence-electron chi connectivity index (χ4n) is 1.45. The van der Waals surface area contributed by atoms with Crippen molar-refractivity contribution in [3.8, 4) is 0 Å². The molecule has 1 aromatic carbocycles. The Labute approximate surface area is 86.6 Å². The number of rotatable bonds is 2. The zero-order valence-corrected chi connectivity index (χ0v) is 9.25. The van der Waals surface area contributed by atoms with Crippen molar-refractivity contribution in [3.05, 3.63) is 42.0 Å². The van der Waals surface area contributed by atoms with E-state index < -0.39 is 0 Å². The van der Waals surface area contributed by atoms with Gasteiger partial charge in [-0.15, -0.1) is 0 Å². The van der Waals surface area contributed by atoms with E-state index >= 15 is 0 Å². The van der Waals surface area contributed by atoms with Gasteiger partial charge in [0.05, 0.1) is 0 Å². The highest BCUT2D eigenvalue weighted by molar-refractivity contribution is 5.52. The number of benzene rings is 1. The van der Waals surface area contributed by atoms with Gasteiger partial charge >= 0.3 is 0 Å². The van der Waals surface area contributed by atoms with Crippen molar-refractivity contribution >= 4 is 6.08 Å². The van der Waals surface area contributed by atoms with E-state index in [1.54, 1.807) is 0 Å². The van der Waals surface area contributed by atoms with Crippen molar-refractivity contribution in [2.75, 3.05) is 0 Å². The summed E-state index contributed by atoms with van der Waals surface area (Å²) in [5, 5.41) is 0. The minimum absolute atomic E-state index is 0.0525. The second-order valence-corrected chi connectivity index (χ2v) is 4.68. The van der Waals surface area contributed by atoms with Crippen LogP contribution in [-0.4, -0.2) is 0 Å². The van der Waals surface area contributed by atoms with Gasteiger partial charge in [0.1, 0.15) is 0 Å². The van der Waals surface area contributed by atoms with Gasteiger partial charge in [-0.3, -0.25) is 0 Å². The Kier molecular flexibility index (Phi) is 3.12. The van der Waals surface area contributed by atoms with Gasteiger partial charge in [0.2, 0.25) is 0 Å². The second-order valence-electron chi connectivity index (χ2n) is 4.68. The van der Waals surface area contributed by atoms with Gasteiger partial charge in [0, 0.05) is 6.04 Å². The number of nitrogens with two attached hydrogens (primary N) is 1. The predicted molar refractivity (Wildman–Crippen MR) is 62.9 cm³/mol. The Morgan fingerprint density at radius 3 is 2.36 bits per heavy atom. The Balaban J connectivity index is 3.12. The van der Waals surface area contributed by atoms with Gasteiger partial charge in [-0.05, 0) is 16.5 Å². The van der Waals surface area contributed by atoms with Crippen LogP contribution in [0.1, 0.15) is 37.9 Å². The molecule has 14 heavy (non-hydrogen) atoms. The van der Waals surface area contributed by atoms with E-state index in [-0.39, 0.29) is 11.5 Å². The quantitative estimate of drug-likeness (QED) is 0.758. The highest BCUT2D eigenvalue weighted by Gasteiger charge is 2.23. The van der Waals surface area contributed by atoms with E-state index in [1.165, 1.54) is 5.56 Å². The van der Waals surface area contributed by atoms with Crippen molar-refractivity contribution in [3.63, 3.8) is 0 Å². The molecule has 0 heterocycles. The largest absolute Gasteiger partial charge is 0.323 e. The monoisotopic (exact) mass is 189 g/mol. The van der Waals surface area contributed by atoms with Gasteiger partial charge in [-0.2, -0.15) is 0 Å². The van der Waals surface area contributed by atoms with E-state index in [9.17, 15) is 0 Å². The summed E-state index contributed by atoms with van der Waals surface area (Å²) in [6.07, 6.45) is 1.86. The van der Waals surface area contributed by atoms with Crippen LogP contribution in [0.25, 0.3) is 6.08 Å². The molecule has 0 bridgehead atoms. The molecule has 0 saturated carbocycles. The third-order valence-electron chi connectivity index (χ3n) is 2.48. The van der Waals surface area contributed by atoms with Crippen molar-refractivity contribution < 1.29 is 0 Å². The summed E-state index contributed by atoms with van der Waals surface area (Å²) in [7, 11) is 0. The van der Waals surface area contributed by atoms with Gasteiger partial charge < -0.3 is 5.73 Å². The first kappa shape index (κ1) is 11.0. The van der Waals surface area contributed by atoms with E-state index in [0.29, 0.717) is 0 Å². The minimum atomic E-state index is 0.0525. The Morgan fingerprint density at radius 2 is 1.86 bits per heavy atom. The van der Waals surface area contributed by atoms with Crippen LogP contribution < -0.4 is 5.73 Å². The van der Waals surface area contributed by atoms with Crippen LogP contribution in [0.15, 0.2) is 30.8 Å². The van der Waals surface area contributed by atoms with Crippen LogP contribution in [-0.2, 0) is 0 Å². The summed E-state index contributed by atoms with van der Waals surface area (Å²) >= 11 is 0. The summed E-state index contributed by atoms with van der Waals surface area (Å²) in [6.45, 7) is 10.3. The highest BCUT2D eigenvalue weighted by atomic mass is 14.7. The molecular formula is C13H19N. The third-order valence-corrected chi connectivity index (χ3v) is 2.48. The predicted octanol–water partition coefficient (Wildman–Crippen LogP) is 3.38. The lowest BCUT2D eigenvalue weighted by Gasteiger charge is -2.28. The second kappa shape index (κ2) is 3.97. The molecule has 0 aromatic heterocycles. The lowest BCUT2D eigenvalue weighted by molar-refractivity contribution is 0.326. The lowest BCUT2D eigenvalue weighted by atomic mass is 9.81. The zero-order valence-electron chi connectivity index (χ0n) is 9.25. The fourth-order valence-corrected chi connectivity index (χ4v) is 1.45. The molecule has 1 rings (SSSR count). The molecule has 0 spiro atoms. The summed E-state index contributed by atoms with van der Waals surface area (Å²) < 4.78 is 0. The molecular weight excluding hydrogens is 170 g/mol. The molecule has 0 aliphatic heterocycles. The first-order valence-electron chi connectivity index (χ1n) is 4.93. The molecule has 0 fully saturated rings. The molecule has 1 nitrogen and oxygen atoms in total. The molecule has 0 amide bonds. The SMILES string of the molecule is C=Cc1ccccc1[C@H](N)C(C)(C)C. The summed E-state index contributed by atoms with van der Waals surface area (Å²) in [6, 6.07) is 8.21. The molecule has 0 saturated heterocycles. The summed E-state index contributed by atoms with van der Waals surface area (Å²) in [4.78, 5) is 0. The van der Waals surface area contributed by atoms with Crippen LogP contribution in [0.3, 0.4) is 0 Å².